The Morgan fingerprint density at radius 2 is 0.930 bits per heavy atom. The van der Waals surface area contributed by atoms with Crippen LogP contribution in [0.4, 0.5) is 5.69 Å². The zero-order valence-corrected chi connectivity index (χ0v) is 101. The molecule has 0 fully saturated rings. The van der Waals surface area contributed by atoms with Crippen molar-refractivity contribution < 1.29 is 155 Å². The average Bonchev–Trinajstić information content (AvgIpc) is 1.36. The minimum Gasteiger partial charge on any atom is -0.618 e. The molecular formula is C94H104Cl14N17O10SSi2UVWY+. The van der Waals surface area contributed by atoms with Crippen molar-refractivity contribution in [3.8, 4) is 6.07 Å². The van der Waals surface area contributed by atoms with Gasteiger partial charge in [0.2, 0.25) is 18.4 Å². The summed E-state index contributed by atoms with van der Waals surface area (Å²) in [7, 11) is -6.75. The Balaban J connectivity index is 0.000000819. The first-order valence-corrected chi connectivity index (χ1v) is 54.8. The largest absolute Gasteiger partial charge is 0.618 e. The van der Waals surface area contributed by atoms with E-state index in [0.29, 0.717) is 158 Å². The van der Waals surface area contributed by atoms with E-state index in [-0.39, 0.29) is 149 Å². The predicted octanol–water partition coefficient (Wildman–Crippen LogP) is 27.8. The number of ketones is 1. The van der Waals surface area contributed by atoms with Gasteiger partial charge < -0.3 is 30.6 Å². The van der Waals surface area contributed by atoms with E-state index >= 15 is 0 Å². The molecule has 0 saturated heterocycles. The number of aliphatic hydroxyl groups is 2. The van der Waals surface area contributed by atoms with Gasteiger partial charge in [-0.15, -0.1) is 9.78 Å². The summed E-state index contributed by atoms with van der Waals surface area (Å²) in [6.45, 7) is 27.7. The fourth-order valence-corrected chi connectivity index (χ4v) is 15.7. The molecule has 0 aliphatic rings. The number of hydrogen-bond donors (Lipinski definition) is 7. The molecular weight excluding hydrogens is 2670 g/mol. The summed E-state index contributed by atoms with van der Waals surface area (Å²) in [6.07, 6.45) is 9.94. The van der Waals surface area contributed by atoms with Crippen LogP contribution in [0.15, 0.2) is 201 Å². The van der Waals surface area contributed by atoms with Crippen molar-refractivity contribution in [3.63, 3.8) is 0 Å². The van der Waals surface area contributed by atoms with Gasteiger partial charge in [0.1, 0.15) is 35.6 Å². The van der Waals surface area contributed by atoms with E-state index in [2.05, 4.69) is 100 Å². The van der Waals surface area contributed by atoms with E-state index in [1.165, 1.54) is 18.4 Å². The van der Waals surface area contributed by atoms with Gasteiger partial charge in [-0.3, -0.25) is 18.9 Å². The number of pyridine rings is 6. The molecule has 0 aliphatic carbocycles. The Hall–Kier alpha value is -5.19. The van der Waals surface area contributed by atoms with E-state index in [9.17, 15) is 20.2 Å². The second-order valence-corrected chi connectivity index (χ2v) is 50.9. The normalized spacial score (nSPS) is 11.6. The Morgan fingerprint density at radius 1 is 0.521 bits per heavy atom. The Labute approximate surface area is 973 Å². The van der Waals surface area contributed by atoms with Gasteiger partial charge in [0, 0.05) is 200 Å². The molecule has 0 aliphatic heterocycles. The number of H-pyrrole nitrogens is 2. The number of carbonyl (C=O) groups is 1. The van der Waals surface area contributed by atoms with Crippen molar-refractivity contribution in [2.24, 2.45) is 17.8 Å². The number of nitriles is 1. The zero-order chi connectivity index (χ0) is 99.8. The first-order valence-electron chi connectivity index (χ1n) is 40.7. The maximum atomic E-state index is 11.8. The molecule has 8 N–H and O–H groups in total. The molecule has 9 heterocycles. The molecule has 754 valence electrons. The first-order chi connectivity index (χ1) is 63.3. The van der Waals surface area contributed by atoms with Crippen LogP contribution in [0.3, 0.4) is 0 Å². The molecule has 48 heteroatoms. The van der Waals surface area contributed by atoms with Crippen molar-refractivity contribution >= 4 is 266 Å². The monoisotopic (exact) mass is 2770 g/mol. The fourth-order valence-electron chi connectivity index (χ4n) is 11.9. The van der Waals surface area contributed by atoms with E-state index in [0.717, 1.165) is 55.2 Å². The number of Topliss-reactive ketones (excluding diaryl/α,β-unsaturated/α-hetero) is 1. The van der Waals surface area contributed by atoms with Gasteiger partial charge in [-0.05, 0) is 151 Å². The molecule has 0 amide bonds. The molecule has 0 saturated carbocycles. The minimum atomic E-state index is -4.67. The summed E-state index contributed by atoms with van der Waals surface area (Å²) in [4.78, 5) is 33.6. The molecule has 2 radical (unpaired) electrons. The van der Waals surface area contributed by atoms with Crippen LogP contribution in [-0.2, 0) is 117 Å². The van der Waals surface area contributed by atoms with Crippen molar-refractivity contribution in [2.75, 3.05) is 18.9 Å². The van der Waals surface area contributed by atoms with Crippen LogP contribution in [0.25, 0.3) is 65.4 Å². The SMILES string of the molecule is C.C.C.CC(C)C(=O)c1ccc2cc(Cl)c(Cl)cc2n1.CC(C)C(O)(c1cn(COCC[Si](C)(C)C)nn1)c1ccc2cc(Cl)c(Cl)cc2n1.CC(C)C(O)(c1cn[nH]n1)c1ccc2cc(Cl)c(Cl)cc2n1.C[Si](C)(C)CCOC[n+]1ccn[nH]1.Clc1cc2cccnc2cc1Cl.N#Cc1ccc2cc(Cl)c(Cl)cc2n1.Nc1ccc(Cl)c(Cl)c1.O=S(=O)(O)O.[O-][n+]1cccc2cc(Cl)c(Cl)cc21.[U].[V].[W].[Y]. The number of rotatable bonds is 18. The van der Waals surface area contributed by atoms with Gasteiger partial charge in [-0.1, -0.05) is 300 Å². The molecule has 2 atom stereocenters. The van der Waals surface area contributed by atoms with E-state index in [4.69, 9.17) is 200 Å². The number of benzene rings is 7. The quantitative estimate of drug-likeness (QED) is 0.00798. The smallest absolute Gasteiger partial charge is 0.394 e. The maximum absolute atomic E-state index is 11.8. The topological polar surface area (TPSA) is 397 Å². The van der Waals surface area contributed by atoms with E-state index in [1.807, 2.05) is 101 Å². The van der Waals surface area contributed by atoms with E-state index in [1.54, 1.807) is 145 Å². The molecule has 16 rings (SSSR count). The summed E-state index contributed by atoms with van der Waals surface area (Å²) in [5.74, 6) is -0.380. The minimum absolute atomic E-state index is 0. The van der Waals surface area contributed by atoms with Gasteiger partial charge in [0.05, 0.1) is 122 Å². The van der Waals surface area contributed by atoms with Crippen molar-refractivity contribution in [2.45, 2.75) is 140 Å². The number of hydrogen-bond acceptors (Lipinski definition) is 20. The summed E-state index contributed by atoms with van der Waals surface area (Å²) < 4.78 is 47.0. The number of anilines is 1. The van der Waals surface area contributed by atoms with Crippen molar-refractivity contribution in [3.05, 3.63) is 311 Å². The third kappa shape index (κ3) is 41.3. The Kier molecular flexibility index (Phi) is 59.3. The maximum Gasteiger partial charge on any atom is 0.394 e. The van der Waals surface area contributed by atoms with Gasteiger partial charge in [-0.2, -0.15) is 33.8 Å². The number of aromatic amines is 2. The standard InChI is InChI=1S/C21H28Cl2N4O2Si.C15H14Cl2N4O.C13H11Cl2NO.C10H4Cl2N2.C9H5Cl2NO.C9H5Cl2N.C8H17N3OSi.C6H5Cl2N.3CH4.H2O4S.U.V.W.Y/c1-14(2)21(28,19-7-6-15-10-16(22)17(23)11-18(15)24-19)20-12-27(26-25-20)13-29-8-9-30(3,4)5;1-8(2)15(22,14-7-18-21-20-14)13-4-3-9-5-10(16)11(17)6-12(9)19-13;1-7(2)13(17)11-4-3-8-5-9(14)10(15)6-12(8)16-11;11-8-3-6-1-2-7(5-13)14-10(6)4-9(8)12;10-7-4-6-2-1-3-12(13)9(6)5-8(7)11;10-7-4-6-2-1-3-12-9(6)5-8(7)11;1-13(2,3)7-6-12-8-11-5-4-9-10-11;7-5-2-1-4(9)3-6(5)8;;;;1-5(2,3)4;;;;/h6-7,10-12,14,28H,8-9,13H2,1-5H3;3-8,22H,1-2H3,(H,18,20,21);3-7H,1-2H3;1-4H;1-5H;1-5H;4-5H,6-8H2,1-3H3;1-3H,9H2;3*1H4;(H2,1,2,3,4);;;;/p+1. The third-order valence-electron chi connectivity index (χ3n) is 19.4. The van der Waals surface area contributed by atoms with Crippen LogP contribution in [0.2, 0.25) is 122 Å². The number of carbonyl (C=O) groups excluding carboxylic acids is 1. The van der Waals surface area contributed by atoms with Crippen LogP contribution in [0.5, 0.6) is 0 Å². The number of ether oxygens (including phenoxy) is 2. The summed E-state index contributed by atoms with van der Waals surface area (Å²) >= 11 is 82.2. The average molecular weight is 2780 g/mol. The molecule has 0 bridgehead atoms. The van der Waals surface area contributed by atoms with Gasteiger partial charge in [0.15, 0.2) is 29.4 Å². The third-order valence-corrected chi connectivity index (χ3v) is 27.8. The summed E-state index contributed by atoms with van der Waals surface area (Å²) in [5.41, 5.74) is 10.0. The zero-order valence-electron chi connectivity index (χ0n) is 76.2. The van der Waals surface area contributed by atoms with Crippen LogP contribution in [0, 0.1) is 65.4 Å². The Morgan fingerprint density at radius 3 is 1.36 bits per heavy atom. The van der Waals surface area contributed by atoms with Crippen LogP contribution < -0.4 is 15.1 Å². The Bertz CT molecular complexity index is 6920. The number of halogens is 14. The molecule has 0 spiro atoms. The van der Waals surface area contributed by atoms with Crippen LogP contribution in [-0.4, -0.2) is 129 Å². The first kappa shape index (κ1) is 135. The van der Waals surface area contributed by atoms with Crippen molar-refractivity contribution in [1.82, 2.24) is 65.6 Å². The number of fused-ring (bicyclic) bond motifs is 6. The molecule has 7 aromatic carbocycles. The molecule has 9 aromatic heterocycles. The number of nitrogens with zero attached hydrogens (tertiary/aromatic N) is 14. The predicted molar refractivity (Wildman–Crippen MR) is 570 cm³/mol. The van der Waals surface area contributed by atoms with Gasteiger partial charge in [-0.25, -0.2) is 24.6 Å². The molecule has 16 aromatic rings. The van der Waals surface area contributed by atoms with Gasteiger partial charge >= 0.3 is 10.4 Å². The number of nitrogens with one attached hydrogen (secondary N) is 2. The summed E-state index contributed by atoms with van der Waals surface area (Å²) in [6, 6.07) is 51.3. The number of nitrogen functional groups attached to an aromatic ring is 1. The van der Waals surface area contributed by atoms with Gasteiger partial charge in [0.25, 0.3) is 0 Å². The number of nitrogens with two attached hydrogens (primary N) is 1. The van der Waals surface area contributed by atoms with Crippen LogP contribution in [0.1, 0.15) is 103 Å². The van der Waals surface area contributed by atoms with Crippen molar-refractivity contribution in [1.29, 1.82) is 5.26 Å². The fraction of sp³-hybridized carbons (Fsp3) is 0.277. The van der Waals surface area contributed by atoms with E-state index < -0.39 is 37.7 Å². The molecule has 2 unspecified atom stereocenters. The number of aromatic nitrogens is 15. The second kappa shape index (κ2) is 62.4. The summed E-state index contributed by atoms with van der Waals surface area (Å²) in [5, 5.41) is 79.9. The van der Waals surface area contributed by atoms with Crippen LogP contribution >= 0.6 is 162 Å². The second-order valence-electron chi connectivity index (χ2n) is 33.0. The molecule has 27 nitrogen and oxygen atoms in total. The molecule has 142 heavy (non-hydrogen) atoms.